The van der Waals surface area contributed by atoms with Crippen molar-refractivity contribution in [2.24, 2.45) is 0 Å². The Bertz CT molecular complexity index is 274. The number of carbonyl (C=O) groups is 1. The smallest absolute Gasteiger partial charge is 0.236 e. The molecule has 1 aliphatic heterocycles. The lowest BCUT2D eigenvalue weighted by molar-refractivity contribution is -0.139. The van der Waals surface area contributed by atoms with Crippen LogP contribution in [0.25, 0.3) is 0 Å². The number of hydrogen-bond donors (Lipinski definition) is 0. The second-order valence-corrected chi connectivity index (χ2v) is 5.27. The molecule has 1 amide bonds. The van der Waals surface area contributed by atoms with E-state index < -0.39 is 0 Å². The van der Waals surface area contributed by atoms with Gasteiger partial charge in [0.2, 0.25) is 5.91 Å². The van der Waals surface area contributed by atoms with Crippen molar-refractivity contribution in [3.8, 4) is 0 Å². The average Bonchev–Trinajstić information content (AvgIpc) is 3.01. The Labute approximate surface area is 97.5 Å². The monoisotopic (exact) mass is 226 g/mol. The van der Waals surface area contributed by atoms with Gasteiger partial charge in [-0.15, -0.1) is 0 Å². The Kier molecular flexibility index (Phi) is 3.22. The fourth-order valence-electron chi connectivity index (χ4n) is 2.25. The fourth-order valence-corrected chi connectivity index (χ4v) is 2.25. The van der Waals surface area contributed by atoms with Crippen LogP contribution in [-0.2, 0) is 9.53 Å². The highest BCUT2D eigenvalue weighted by molar-refractivity contribution is 5.79. The van der Waals surface area contributed by atoms with E-state index in [1.54, 1.807) is 7.11 Å². The lowest BCUT2D eigenvalue weighted by Gasteiger charge is -2.37. The van der Waals surface area contributed by atoms with Crippen molar-refractivity contribution in [1.82, 2.24) is 9.80 Å². The highest BCUT2D eigenvalue weighted by Gasteiger charge is 2.45. The molecule has 0 unspecified atom stereocenters. The lowest BCUT2D eigenvalue weighted by atomic mass is 10.2. The summed E-state index contributed by atoms with van der Waals surface area (Å²) in [5.74, 6) is 0.253. The number of nitrogens with zero attached hydrogens (tertiary/aromatic N) is 2. The van der Waals surface area contributed by atoms with Gasteiger partial charge in [-0.25, -0.2) is 0 Å². The quantitative estimate of drug-likeness (QED) is 0.708. The minimum atomic E-state index is -0.00430. The van der Waals surface area contributed by atoms with Crippen molar-refractivity contribution < 1.29 is 9.53 Å². The van der Waals surface area contributed by atoms with E-state index in [1.807, 2.05) is 4.90 Å². The van der Waals surface area contributed by atoms with Crippen molar-refractivity contribution in [3.05, 3.63) is 0 Å². The van der Waals surface area contributed by atoms with Crippen LogP contribution in [0.3, 0.4) is 0 Å². The number of piperazine rings is 1. The van der Waals surface area contributed by atoms with Crippen LogP contribution in [0, 0.1) is 0 Å². The van der Waals surface area contributed by atoms with Crippen LogP contribution in [0.4, 0.5) is 0 Å². The molecule has 0 N–H and O–H groups in total. The largest absolute Gasteiger partial charge is 0.376 e. The molecule has 1 saturated carbocycles. The molecule has 4 heteroatoms. The topological polar surface area (TPSA) is 32.8 Å². The summed E-state index contributed by atoms with van der Waals surface area (Å²) in [6.07, 6.45) is 2.20. The third-order valence-corrected chi connectivity index (χ3v) is 3.80. The van der Waals surface area contributed by atoms with Crippen molar-refractivity contribution in [2.45, 2.75) is 38.3 Å². The molecule has 0 atom stereocenters. The first-order valence-electron chi connectivity index (χ1n) is 6.13. The molecular formula is C12H22N2O2. The Hall–Kier alpha value is -0.610. The standard InChI is InChI=1S/C12H22N2O2/c1-10(2)13-6-7-14(11(15)8-13)9-12(16-3)4-5-12/h10H,4-9H2,1-3H3. The van der Waals surface area contributed by atoms with Crippen molar-refractivity contribution >= 4 is 5.91 Å². The first-order valence-corrected chi connectivity index (χ1v) is 6.13. The molecule has 1 saturated heterocycles. The summed E-state index contributed by atoms with van der Waals surface area (Å²) in [4.78, 5) is 16.2. The van der Waals surface area contributed by atoms with Crippen LogP contribution in [-0.4, -0.2) is 60.6 Å². The predicted octanol–water partition coefficient (Wildman–Crippen LogP) is 0.718. The van der Waals surface area contributed by atoms with E-state index in [-0.39, 0.29) is 11.5 Å². The van der Waals surface area contributed by atoms with Gasteiger partial charge in [-0.05, 0) is 26.7 Å². The zero-order valence-electron chi connectivity index (χ0n) is 10.5. The van der Waals surface area contributed by atoms with E-state index >= 15 is 0 Å². The fraction of sp³-hybridized carbons (Fsp3) is 0.917. The molecule has 0 bridgehead atoms. The molecule has 1 heterocycles. The van der Waals surface area contributed by atoms with Crippen LogP contribution in [0.2, 0.25) is 0 Å². The Balaban J connectivity index is 1.87. The van der Waals surface area contributed by atoms with E-state index in [9.17, 15) is 4.79 Å². The van der Waals surface area contributed by atoms with Gasteiger partial charge in [0.1, 0.15) is 0 Å². The molecule has 2 aliphatic rings. The van der Waals surface area contributed by atoms with E-state index in [1.165, 1.54) is 0 Å². The maximum atomic E-state index is 12.0. The number of methoxy groups -OCH3 is 1. The van der Waals surface area contributed by atoms with E-state index in [4.69, 9.17) is 4.74 Å². The van der Waals surface area contributed by atoms with Crippen molar-refractivity contribution in [2.75, 3.05) is 33.3 Å². The average molecular weight is 226 g/mol. The molecule has 92 valence electrons. The summed E-state index contributed by atoms with van der Waals surface area (Å²) < 4.78 is 5.47. The van der Waals surface area contributed by atoms with Gasteiger partial charge in [-0.1, -0.05) is 0 Å². The number of carbonyl (C=O) groups excluding carboxylic acids is 1. The SMILES string of the molecule is COC1(CN2CCN(C(C)C)CC2=O)CC1. The molecule has 2 fully saturated rings. The van der Waals surface area contributed by atoms with E-state index in [2.05, 4.69) is 18.7 Å². The van der Waals surface area contributed by atoms with Crippen LogP contribution >= 0.6 is 0 Å². The molecule has 0 aromatic carbocycles. The molecule has 4 nitrogen and oxygen atoms in total. The second-order valence-electron chi connectivity index (χ2n) is 5.27. The van der Waals surface area contributed by atoms with Gasteiger partial charge in [0.05, 0.1) is 12.1 Å². The van der Waals surface area contributed by atoms with E-state index in [0.29, 0.717) is 12.6 Å². The van der Waals surface area contributed by atoms with Crippen LogP contribution in [0.1, 0.15) is 26.7 Å². The Morgan fingerprint density at radius 1 is 1.38 bits per heavy atom. The Morgan fingerprint density at radius 3 is 2.50 bits per heavy atom. The molecule has 0 radical (unpaired) electrons. The highest BCUT2D eigenvalue weighted by Crippen LogP contribution is 2.39. The number of amides is 1. The van der Waals surface area contributed by atoms with Crippen LogP contribution < -0.4 is 0 Å². The van der Waals surface area contributed by atoms with Gasteiger partial charge in [0.15, 0.2) is 0 Å². The van der Waals surface area contributed by atoms with Gasteiger partial charge in [-0.3, -0.25) is 9.69 Å². The van der Waals surface area contributed by atoms with Gasteiger partial charge < -0.3 is 9.64 Å². The molecule has 0 aromatic heterocycles. The zero-order valence-corrected chi connectivity index (χ0v) is 10.5. The maximum absolute atomic E-state index is 12.0. The molecule has 16 heavy (non-hydrogen) atoms. The number of hydrogen-bond acceptors (Lipinski definition) is 3. The minimum absolute atomic E-state index is 0.00430. The first-order chi connectivity index (χ1) is 7.56. The van der Waals surface area contributed by atoms with Crippen LogP contribution in [0.5, 0.6) is 0 Å². The normalized spacial score (nSPS) is 25.2. The number of rotatable bonds is 4. The molecule has 2 rings (SSSR count). The summed E-state index contributed by atoms with van der Waals surface area (Å²) in [6, 6.07) is 0.461. The zero-order chi connectivity index (χ0) is 11.8. The molecular weight excluding hydrogens is 204 g/mol. The summed E-state index contributed by atoms with van der Waals surface area (Å²) in [5.41, 5.74) is -0.00430. The molecule has 0 aromatic rings. The summed E-state index contributed by atoms with van der Waals surface area (Å²) >= 11 is 0. The van der Waals surface area contributed by atoms with Crippen molar-refractivity contribution in [3.63, 3.8) is 0 Å². The minimum Gasteiger partial charge on any atom is -0.376 e. The number of ether oxygens (including phenoxy) is 1. The van der Waals surface area contributed by atoms with Gasteiger partial charge in [0.25, 0.3) is 0 Å². The van der Waals surface area contributed by atoms with Crippen molar-refractivity contribution in [1.29, 1.82) is 0 Å². The molecule has 0 spiro atoms. The Morgan fingerprint density at radius 2 is 2.06 bits per heavy atom. The molecule has 1 aliphatic carbocycles. The predicted molar refractivity (Wildman–Crippen MR) is 62.3 cm³/mol. The summed E-state index contributed by atoms with van der Waals surface area (Å²) in [5, 5.41) is 0. The summed E-state index contributed by atoms with van der Waals surface area (Å²) in [7, 11) is 1.75. The van der Waals surface area contributed by atoms with Gasteiger partial charge >= 0.3 is 0 Å². The highest BCUT2D eigenvalue weighted by atomic mass is 16.5. The third-order valence-electron chi connectivity index (χ3n) is 3.80. The van der Waals surface area contributed by atoms with Gasteiger partial charge in [0, 0.05) is 32.8 Å². The lowest BCUT2D eigenvalue weighted by Crippen LogP contribution is -2.54. The maximum Gasteiger partial charge on any atom is 0.236 e. The third kappa shape index (κ3) is 2.38. The summed E-state index contributed by atoms with van der Waals surface area (Å²) in [6.45, 7) is 7.47. The van der Waals surface area contributed by atoms with Crippen LogP contribution in [0.15, 0.2) is 0 Å². The second kappa shape index (κ2) is 4.34. The first kappa shape index (κ1) is 11.9. The van der Waals surface area contributed by atoms with E-state index in [0.717, 1.165) is 32.5 Å². The van der Waals surface area contributed by atoms with Gasteiger partial charge in [-0.2, -0.15) is 0 Å².